The first kappa shape index (κ1) is 5.21. The zero-order valence-electron chi connectivity index (χ0n) is 2.62. The van der Waals surface area contributed by atoms with Gasteiger partial charge >= 0.3 is 42.4 Å². The van der Waals surface area contributed by atoms with Crippen LogP contribution in [-0.4, -0.2) is 5.97 Å². The van der Waals surface area contributed by atoms with Gasteiger partial charge in [0.15, 0.2) is 0 Å². The summed E-state index contributed by atoms with van der Waals surface area (Å²) in [6.45, 7) is 1.35. The summed E-state index contributed by atoms with van der Waals surface area (Å²) in [6, 6.07) is 0. The van der Waals surface area contributed by atoms with E-state index in [1.165, 1.54) is 6.92 Å². The molecule has 3 heteroatoms. The predicted octanol–water partition coefficient (Wildman–Crippen LogP) is 0.0113. The van der Waals surface area contributed by atoms with Crippen molar-refractivity contribution in [2.45, 2.75) is 6.92 Å². The van der Waals surface area contributed by atoms with Gasteiger partial charge in [-0.15, -0.1) is 0 Å². The van der Waals surface area contributed by atoms with E-state index in [0.717, 1.165) is 0 Å². The zero-order chi connectivity index (χ0) is 4.28. The quantitative estimate of drug-likeness (QED) is 0.571. The van der Waals surface area contributed by atoms with Crippen LogP contribution in [0.5, 0.6) is 0 Å². The molecule has 0 aliphatic rings. The Kier molecular flexibility index (Phi) is 2.55. The Morgan fingerprint density at radius 3 is 2.20 bits per heavy atom. The van der Waals surface area contributed by atoms with Crippen LogP contribution in [0.4, 0.5) is 0 Å². The Morgan fingerprint density at radius 2 is 2.20 bits per heavy atom. The van der Waals surface area contributed by atoms with Gasteiger partial charge in [-0.2, -0.15) is 0 Å². The minimum absolute atomic E-state index is 0.270. The number of carbonyl (C=O) groups is 1. The van der Waals surface area contributed by atoms with Crippen LogP contribution in [0, 0.1) is 0 Å². The van der Waals surface area contributed by atoms with E-state index in [1.807, 2.05) is 0 Å². The maximum absolute atomic E-state index is 9.58. The molecule has 0 aromatic heterocycles. The Morgan fingerprint density at radius 1 is 2.00 bits per heavy atom. The van der Waals surface area contributed by atoms with Crippen LogP contribution in [0.15, 0.2) is 0 Å². The molecule has 2 nitrogen and oxygen atoms in total. The molecule has 0 spiro atoms. The molecule has 0 aromatic carbocycles. The summed E-state index contributed by atoms with van der Waals surface area (Å²) >= 11 is 1.68. The zero-order valence-corrected chi connectivity index (χ0v) is 4.78. The van der Waals surface area contributed by atoms with Crippen LogP contribution in [0.25, 0.3) is 0 Å². The third-order valence-corrected chi connectivity index (χ3v) is 0.709. The summed E-state index contributed by atoms with van der Waals surface area (Å²) in [5.74, 6) is -0.270. The van der Waals surface area contributed by atoms with Crippen LogP contribution in [0.2, 0.25) is 0 Å². The molecule has 0 saturated heterocycles. The maximum atomic E-state index is 9.58. The van der Waals surface area contributed by atoms with E-state index in [9.17, 15) is 4.79 Å². The average Bonchev–Trinajstić information content (AvgIpc) is 1.38. The van der Waals surface area contributed by atoms with Crippen molar-refractivity contribution in [2.75, 3.05) is 0 Å². The minimum atomic E-state index is -0.270. The van der Waals surface area contributed by atoms with Crippen LogP contribution in [0.3, 0.4) is 0 Å². The molecule has 34 valence electrons. The van der Waals surface area contributed by atoms with Crippen LogP contribution < -0.4 is 0 Å². The first-order valence-corrected chi connectivity index (χ1v) is 1.92. The molecular weight excluding hydrogens is 253 g/mol. The van der Waals surface area contributed by atoms with E-state index >= 15 is 0 Å². The molecule has 0 saturated carbocycles. The van der Waals surface area contributed by atoms with Crippen LogP contribution in [-0.2, 0) is 29.5 Å². The molecule has 0 amide bonds. The second-order valence-corrected chi connectivity index (χ2v) is 0.995. The normalized spacial score (nSPS) is 7.00. The monoisotopic (exact) mass is 256 g/mol. The van der Waals surface area contributed by atoms with Gasteiger partial charge in [0.05, 0.1) is 0 Å². The molecule has 0 atom stereocenters. The van der Waals surface area contributed by atoms with E-state index in [4.69, 9.17) is 0 Å². The van der Waals surface area contributed by atoms with Crippen molar-refractivity contribution in [3.8, 4) is 0 Å². The summed E-state index contributed by atoms with van der Waals surface area (Å²) in [5, 5.41) is 0. The summed E-state index contributed by atoms with van der Waals surface area (Å²) in [4.78, 5) is 9.58. The van der Waals surface area contributed by atoms with Crippen molar-refractivity contribution in [2.24, 2.45) is 0 Å². The Hall–Kier alpha value is 0.210. The molecule has 0 aliphatic heterocycles. The Bertz CT molecular complexity index is 42.9. The van der Waals surface area contributed by atoms with E-state index in [0.29, 0.717) is 0 Å². The van der Waals surface area contributed by atoms with E-state index in [-0.39, 0.29) is 5.97 Å². The van der Waals surface area contributed by atoms with Crippen molar-refractivity contribution in [3.05, 3.63) is 0 Å². The summed E-state index contributed by atoms with van der Waals surface area (Å²) in [5.41, 5.74) is 0. The van der Waals surface area contributed by atoms with Gasteiger partial charge in [0, 0.05) is 0 Å². The number of hydrogen-bond donors (Lipinski definition) is 0. The molecule has 0 unspecified atom stereocenters. The van der Waals surface area contributed by atoms with Crippen molar-refractivity contribution < 1.29 is 29.5 Å². The molecule has 0 heterocycles. The average molecular weight is 256 g/mol. The topological polar surface area (TPSA) is 26.3 Å². The van der Waals surface area contributed by atoms with Gasteiger partial charge in [0.25, 0.3) is 0 Å². The van der Waals surface area contributed by atoms with E-state index in [1.54, 1.807) is 21.5 Å². The molecule has 0 aliphatic carbocycles. The molecule has 0 rings (SSSR count). The van der Waals surface area contributed by atoms with Gasteiger partial charge in [-0.25, -0.2) is 0 Å². The molecule has 0 fully saturated rings. The predicted molar refractivity (Wildman–Crippen MR) is 11.8 cm³/mol. The van der Waals surface area contributed by atoms with Gasteiger partial charge in [0.2, 0.25) is 0 Å². The first-order valence-electron chi connectivity index (χ1n) is 1.03. The van der Waals surface area contributed by atoms with Gasteiger partial charge in [0.1, 0.15) is 0 Å². The van der Waals surface area contributed by atoms with Crippen LogP contribution in [0.1, 0.15) is 6.92 Å². The Labute approximate surface area is 42.9 Å². The third-order valence-electron chi connectivity index (χ3n) is 0.0867. The molecule has 0 N–H and O–H groups in total. The van der Waals surface area contributed by atoms with E-state index < -0.39 is 0 Å². The molecule has 0 radical (unpaired) electrons. The van der Waals surface area contributed by atoms with Crippen molar-refractivity contribution in [1.82, 2.24) is 0 Å². The fourth-order valence-corrected chi connectivity index (χ4v) is 0. The van der Waals surface area contributed by atoms with Gasteiger partial charge in [-0.05, 0) is 0 Å². The second-order valence-electron chi connectivity index (χ2n) is 0.553. The second kappa shape index (κ2) is 2.45. The summed E-state index contributed by atoms with van der Waals surface area (Å²) in [7, 11) is 0. The summed E-state index contributed by atoms with van der Waals surface area (Å²) < 4.78 is 4.06. The number of rotatable bonds is 0. The van der Waals surface area contributed by atoms with Crippen LogP contribution >= 0.6 is 0 Å². The van der Waals surface area contributed by atoms with E-state index in [2.05, 4.69) is 3.24 Å². The van der Waals surface area contributed by atoms with Crippen molar-refractivity contribution in [1.29, 1.82) is 0 Å². The van der Waals surface area contributed by atoms with Crippen molar-refractivity contribution >= 4 is 5.97 Å². The van der Waals surface area contributed by atoms with Gasteiger partial charge < -0.3 is 0 Å². The standard InChI is InChI=1S/C2H4O2.Au/c1-2(3)4;/h1H3,(H,3,4);/q;+1/p-1. The fourth-order valence-electron chi connectivity index (χ4n) is 0. The SMILES string of the molecule is CC(=O)[O][Au]. The Balaban J connectivity index is 2.85. The number of carbonyl (C=O) groups excluding carboxylic acids is 1. The number of hydrogen-bond acceptors (Lipinski definition) is 2. The van der Waals surface area contributed by atoms with Gasteiger partial charge in [-0.3, -0.25) is 0 Å². The summed E-state index contributed by atoms with van der Waals surface area (Å²) in [6.07, 6.45) is 0. The third kappa shape index (κ3) is 4.21. The van der Waals surface area contributed by atoms with Gasteiger partial charge in [-0.1, -0.05) is 0 Å². The molecule has 5 heavy (non-hydrogen) atoms. The first-order chi connectivity index (χ1) is 2.27. The molecular formula is C2H3AuO2. The molecule has 0 aromatic rings. The molecule has 0 bridgehead atoms. The van der Waals surface area contributed by atoms with Crippen molar-refractivity contribution in [3.63, 3.8) is 0 Å². The fraction of sp³-hybridized carbons (Fsp3) is 0.500.